The Kier molecular flexibility index (Phi) is 15.0. The summed E-state index contributed by atoms with van der Waals surface area (Å²) in [5, 5.41) is 10.6. The van der Waals surface area contributed by atoms with Crippen LogP contribution in [0, 0.1) is 23.7 Å². The van der Waals surface area contributed by atoms with Crippen LogP contribution in [-0.2, 0) is 14.4 Å². The van der Waals surface area contributed by atoms with Crippen LogP contribution in [0.4, 0.5) is 0 Å². The molecule has 0 radical (unpaired) electrons. The number of nitrogens with zero attached hydrogens (tertiary/aromatic N) is 1. The quantitative estimate of drug-likeness (QED) is 0.269. The third-order valence-electron chi connectivity index (χ3n) is 4.95. The van der Waals surface area contributed by atoms with E-state index in [4.69, 9.17) is 5.73 Å². The van der Waals surface area contributed by atoms with E-state index >= 15 is 0 Å². The molecule has 0 aliphatic rings. The summed E-state index contributed by atoms with van der Waals surface area (Å²) in [7, 11) is 0. The first-order chi connectivity index (χ1) is 15.2. The molecule has 2 atom stereocenters. The summed E-state index contributed by atoms with van der Waals surface area (Å²) >= 11 is 0. The van der Waals surface area contributed by atoms with Crippen molar-refractivity contribution in [3.63, 3.8) is 0 Å². The molecule has 1 aromatic carbocycles. The van der Waals surface area contributed by atoms with Crippen LogP contribution in [0.1, 0.15) is 52.5 Å². The maximum absolute atomic E-state index is 13.3. The van der Waals surface area contributed by atoms with Crippen LogP contribution in [0.3, 0.4) is 0 Å². The third-order valence-corrected chi connectivity index (χ3v) is 4.95. The molecule has 186 valence electrons. The number of hydrogen-bond acceptors (Lipinski definition) is 5. The molecular weight excluding hydrogens is 444 g/mol. The van der Waals surface area contributed by atoms with E-state index in [1.54, 1.807) is 5.48 Å². The molecule has 0 spiro atoms. The summed E-state index contributed by atoms with van der Waals surface area (Å²) < 4.78 is 0. The van der Waals surface area contributed by atoms with Crippen molar-refractivity contribution < 1.29 is 19.6 Å². The number of allylic oxidation sites excluding steroid dienone is 1. The number of benzene rings is 1. The molecule has 9 heteroatoms. The molecule has 33 heavy (non-hydrogen) atoms. The number of rotatable bonds is 12. The first kappa shape index (κ1) is 30.6. The summed E-state index contributed by atoms with van der Waals surface area (Å²) in [6.45, 7) is 8.31. The summed E-state index contributed by atoms with van der Waals surface area (Å²) in [6.07, 6.45) is 4.48. The number of carbonyl (C=O) groups is 3. The lowest BCUT2D eigenvalue weighted by Gasteiger charge is -2.30. The number of hydrogen-bond donors (Lipinski definition) is 4. The van der Waals surface area contributed by atoms with Gasteiger partial charge in [0.1, 0.15) is 0 Å². The second-order valence-electron chi connectivity index (χ2n) is 8.78. The number of nitrogens with two attached hydrogens (primary N) is 1. The molecule has 0 aliphatic carbocycles. The van der Waals surface area contributed by atoms with Gasteiger partial charge in [0.2, 0.25) is 17.7 Å². The van der Waals surface area contributed by atoms with Crippen molar-refractivity contribution in [2.24, 2.45) is 29.4 Å². The van der Waals surface area contributed by atoms with E-state index in [0.717, 1.165) is 5.56 Å². The average molecular weight is 483 g/mol. The average Bonchev–Trinajstić information content (AvgIpc) is 2.74. The van der Waals surface area contributed by atoms with E-state index in [9.17, 15) is 19.6 Å². The fraction of sp³-hybridized carbons (Fsp3) is 0.542. The van der Waals surface area contributed by atoms with Crippen LogP contribution in [0.2, 0.25) is 0 Å². The van der Waals surface area contributed by atoms with E-state index in [0.29, 0.717) is 13.0 Å². The highest BCUT2D eigenvalue weighted by Crippen LogP contribution is 2.25. The van der Waals surface area contributed by atoms with Crippen molar-refractivity contribution in [2.45, 2.75) is 47.0 Å². The van der Waals surface area contributed by atoms with Gasteiger partial charge in [0.25, 0.3) is 0 Å². The van der Waals surface area contributed by atoms with E-state index in [1.807, 2.05) is 70.2 Å². The largest absolute Gasteiger partial charge is 0.330 e. The van der Waals surface area contributed by atoms with Gasteiger partial charge in [-0.15, -0.1) is 12.4 Å². The molecule has 0 aromatic heterocycles. The van der Waals surface area contributed by atoms with Crippen LogP contribution >= 0.6 is 12.4 Å². The fourth-order valence-corrected chi connectivity index (χ4v) is 3.46. The molecule has 1 aromatic rings. The zero-order chi connectivity index (χ0) is 24.1. The molecule has 0 unspecified atom stereocenters. The molecule has 3 amide bonds. The lowest BCUT2D eigenvalue weighted by molar-refractivity contribution is -0.147. The molecule has 0 heterocycles. The topological polar surface area (TPSA) is 125 Å². The summed E-state index contributed by atoms with van der Waals surface area (Å²) in [5.74, 6) is -2.61. The zero-order valence-electron chi connectivity index (χ0n) is 20.0. The van der Waals surface area contributed by atoms with Crippen LogP contribution in [-0.4, -0.2) is 41.0 Å². The van der Waals surface area contributed by atoms with Gasteiger partial charge in [-0.25, -0.2) is 5.48 Å². The normalized spacial score (nSPS) is 12.8. The fourth-order valence-electron chi connectivity index (χ4n) is 3.46. The predicted molar refractivity (Wildman–Crippen MR) is 132 cm³/mol. The van der Waals surface area contributed by atoms with Crippen molar-refractivity contribution in [3.05, 3.63) is 42.0 Å². The number of halogens is 1. The Morgan fingerprint density at radius 1 is 1.03 bits per heavy atom. The van der Waals surface area contributed by atoms with Crippen molar-refractivity contribution in [3.8, 4) is 0 Å². The zero-order valence-corrected chi connectivity index (χ0v) is 20.8. The number of hydroxylamine groups is 1. The highest BCUT2D eigenvalue weighted by Gasteiger charge is 2.34. The predicted octanol–water partition coefficient (Wildman–Crippen LogP) is 3.16. The molecule has 0 bridgehead atoms. The maximum Gasteiger partial charge on any atom is 0.247 e. The van der Waals surface area contributed by atoms with E-state index < -0.39 is 23.7 Å². The number of hydrazine groups is 1. The smallest absolute Gasteiger partial charge is 0.247 e. The summed E-state index contributed by atoms with van der Waals surface area (Å²) in [5.41, 5.74) is 10.9. The van der Waals surface area contributed by atoms with Gasteiger partial charge in [0.15, 0.2) is 0 Å². The van der Waals surface area contributed by atoms with Gasteiger partial charge in [-0.05, 0) is 30.2 Å². The van der Waals surface area contributed by atoms with Gasteiger partial charge in [-0.3, -0.25) is 30.0 Å². The van der Waals surface area contributed by atoms with Crippen molar-refractivity contribution >= 4 is 36.2 Å². The number of carbonyl (C=O) groups excluding carboxylic acids is 3. The van der Waals surface area contributed by atoms with Gasteiger partial charge < -0.3 is 5.73 Å². The van der Waals surface area contributed by atoms with Gasteiger partial charge in [0.05, 0.1) is 11.8 Å². The standard InChI is InChI=1S/C24H38N4O4.ClH/c1-17(2)15-21(23(30)26-28(16-18(3)4)22(29)13-14-25)20(24(31)27-32)12-8-11-19-9-6-5-7-10-19;/h5-11,17-18,20-21,32H,12-16,25H2,1-4H3,(H,26,30)(H,27,31);1H/b11-8+;/t20-,21+;/m0./s1. The minimum atomic E-state index is -0.798. The van der Waals surface area contributed by atoms with E-state index in [2.05, 4.69) is 5.43 Å². The van der Waals surface area contributed by atoms with Crippen LogP contribution in [0.25, 0.3) is 6.08 Å². The summed E-state index contributed by atoms with van der Waals surface area (Å²) in [4.78, 5) is 38.2. The molecule has 0 saturated carbocycles. The Hall–Kier alpha value is -2.42. The molecule has 1 rings (SSSR count). The molecule has 5 N–H and O–H groups in total. The Morgan fingerprint density at radius 2 is 1.67 bits per heavy atom. The number of amides is 3. The van der Waals surface area contributed by atoms with E-state index in [1.165, 1.54) is 5.01 Å². The van der Waals surface area contributed by atoms with Crippen molar-refractivity contribution in [2.75, 3.05) is 13.1 Å². The monoisotopic (exact) mass is 482 g/mol. The second kappa shape index (κ2) is 16.2. The summed E-state index contributed by atoms with van der Waals surface area (Å²) in [6, 6.07) is 9.60. The lowest BCUT2D eigenvalue weighted by atomic mass is 9.82. The highest BCUT2D eigenvalue weighted by atomic mass is 35.5. The van der Waals surface area contributed by atoms with Crippen LogP contribution in [0.5, 0.6) is 0 Å². The van der Waals surface area contributed by atoms with Crippen molar-refractivity contribution in [1.82, 2.24) is 15.9 Å². The molecule has 0 saturated heterocycles. The minimum absolute atomic E-state index is 0. The molecular formula is C24H39ClN4O4. The van der Waals surface area contributed by atoms with Gasteiger partial charge in [0, 0.05) is 19.5 Å². The first-order valence-electron chi connectivity index (χ1n) is 11.2. The van der Waals surface area contributed by atoms with Crippen LogP contribution in [0.15, 0.2) is 36.4 Å². The Morgan fingerprint density at radius 3 is 2.18 bits per heavy atom. The Balaban J connectivity index is 0.0000102. The SMILES string of the molecule is CC(C)C[C@@H](C(=O)NN(CC(C)C)C(=O)CCN)[C@H](C/C=C/c1ccccc1)C(=O)NO.Cl. The van der Waals surface area contributed by atoms with E-state index in [-0.39, 0.29) is 49.5 Å². The molecule has 0 fully saturated rings. The minimum Gasteiger partial charge on any atom is -0.330 e. The third kappa shape index (κ3) is 11.3. The Bertz CT molecular complexity index is 756. The highest BCUT2D eigenvalue weighted by molar-refractivity contribution is 5.89. The van der Waals surface area contributed by atoms with Gasteiger partial charge >= 0.3 is 0 Å². The van der Waals surface area contributed by atoms with Crippen LogP contribution < -0.4 is 16.6 Å². The lowest BCUT2D eigenvalue weighted by Crippen LogP contribution is -2.52. The Labute approximate surface area is 203 Å². The second-order valence-corrected chi connectivity index (χ2v) is 8.78. The maximum atomic E-state index is 13.3. The molecule has 0 aliphatic heterocycles. The number of nitrogens with one attached hydrogen (secondary N) is 2. The van der Waals surface area contributed by atoms with Gasteiger partial charge in [-0.1, -0.05) is 70.2 Å². The van der Waals surface area contributed by atoms with Gasteiger partial charge in [-0.2, -0.15) is 0 Å². The molecule has 8 nitrogen and oxygen atoms in total. The first-order valence-corrected chi connectivity index (χ1v) is 11.2. The van der Waals surface area contributed by atoms with Crippen molar-refractivity contribution in [1.29, 1.82) is 0 Å².